The number of nitrogens with one attached hydrogen (secondary N) is 1. The summed E-state index contributed by atoms with van der Waals surface area (Å²) in [6, 6.07) is 23.8. The number of benzene rings is 2. The Morgan fingerprint density at radius 2 is 1.76 bits per heavy atom. The van der Waals surface area contributed by atoms with Crippen LogP contribution in [-0.4, -0.2) is 20.6 Å². The van der Waals surface area contributed by atoms with Gasteiger partial charge in [0.15, 0.2) is 12.0 Å². The van der Waals surface area contributed by atoms with Gasteiger partial charge in [0.1, 0.15) is 17.1 Å². The molecule has 0 saturated carbocycles. The third-order valence-corrected chi connectivity index (χ3v) is 5.63. The van der Waals surface area contributed by atoms with Crippen molar-refractivity contribution in [2.75, 3.05) is 5.32 Å². The summed E-state index contributed by atoms with van der Waals surface area (Å²) in [4.78, 5) is 5.03. The van der Waals surface area contributed by atoms with E-state index in [1.807, 2.05) is 59.5 Å². The zero-order valence-corrected chi connectivity index (χ0v) is 18.7. The van der Waals surface area contributed by atoms with Gasteiger partial charge in [-0.25, -0.2) is 9.67 Å². The van der Waals surface area contributed by atoms with E-state index in [9.17, 15) is 5.11 Å². The van der Waals surface area contributed by atoms with Crippen LogP contribution < -0.4 is 9.88 Å². The summed E-state index contributed by atoms with van der Waals surface area (Å²) in [6.07, 6.45) is 5.93. The van der Waals surface area contributed by atoms with Crippen LogP contribution in [-0.2, 0) is 6.54 Å². The van der Waals surface area contributed by atoms with Crippen LogP contribution in [0.3, 0.4) is 0 Å². The molecule has 0 saturated heterocycles. The van der Waals surface area contributed by atoms with Crippen molar-refractivity contribution in [2.24, 2.45) is 4.99 Å². The summed E-state index contributed by atoms with van der Waals surface area (Å²) >= 11 is 0. The predicted octanol–water partition coefficient (Wildman–Crippen LogP) is 5.09. The van der Waals surface area contributed by atoms with Gasteiger partial charge in [0, 0.05) is 36.4 Å². The molecule has 0 fully saturated rings. The fourth-order valence-electron chi connectivity index (χ4n) is 3.99. The molecule has 0 bridgehead atoms. The van der Waals surface area contributed by atoms with E-state index in [2.05, 4.69) is 53.1 Å². The molecule has 5 rings (SSSR count). The van der Waals surface area contributed by atoms with E-state index in [0.29, 0.717) is 6.54 Å². The first-order valence-electron chi connectivity index (χ1n) is 11.1. The number of anilines is 1. The first-order valence-corrected chi connectivity index (χ1v) is 11.1. The average molecular weight is 437 g/mol. The molecular weight excluding hydrogens is 410 g/mol. The van der Waals surface area contributed by atoms with E-state index in [4.69, 9.17) is 4.99 Å². The Labute approximate surface area is 193 Å². The molecule has 0 aliphatic carbocycles. The third-order valence-electron chi connectivity index (χ3n) is 5.63. The van der Waals surface area contributed by atoms with E-state index in [1.54, 1.807) is 12.1 Å². The van der Waals surface area contributed by atoms with Crippen LogP contribution in [0.25, 0.3) is 5.70 Å². The van der Waals surface area contributed by atoms with Crippen molar-refractivity contribution >= 4 is 22.9 Å². The maximum atomic E-state index is 9.69. The predicted molar refractivity (Wildman–Crippen MR) is 131 cm³/mol. The highest BCUT2D eigenvalue weighted by Crippen LogP contribution is 2.30. The molecule has 0 amide bonds. The van der Waals surface area contributed by atoms with Crippen LogP contribution in [0.15, 0.2) is 96.3 Å². The minimum atomic E-state index is 0.200. The van der Waals surface area contributed by atoms with Crippen molar-refractivity contribution in [3.63, 3.8) is 0 Å². The van der Waals surface area contributed by atoms with Gasteiger partial charge in [-0.1, -0.05) is 30.3 Å². The molecule has 2 aromatic heterocycles. The molecule has 4 aromatic rings. The molecule has 2 aromatic carbocycles. The van der Waals surface area contributed by atoms with Gasteiger partial charge in [0.05, 0.1) is 6.20 Å². The average Bonchev–Trinajstić information content (AvgIpc) is 3.41. The number of aromatic nitrogens is 3. The lowest BCUT2D eigenvalue weighted by Gasteiger charge is -2.13. The Balaban J connectivity index is 1.55. The standard InChI is InChI=1S/C27H25N5O/c1-19(2)32-27(28-17-20-8-4-3-5-9-20)24(18-29-32)30-23-16-26(21-11-13-22(33)14-12-21)31-15-7-6-10-25(23)31/h3-16,18-19,33H,17H2,1-2H3/p+1. The van der Waals surface area contributed by atoms with Crippen LogP contribution in [0, 0.1) is 0 Å². The summed E-state index contributed by atoms with van der Waals surface area (Å²) < 4.78 is 4.09. The lowest BCUT2D eigenvalue weighted by atomic mass is 10.1. The summed E-state index contributed by atoms with van der Waals surface area (Å²) in [5.41, 5.74) is 5.89. The zero-order valence-electron chi connectivity index (χ0n) is 18.7. The lowest BCUT2D eigenvalue weighted by molar-refractivity contribution is -0.577. The number of fused-ring (bicyclic) bond motifs is 1. The largest absolute Gasteiger partial charge is 0.508 e. The second-order valence-corrected chi connectivity index (χ2v) is 8.29. The highest BCUT2D eigenvalue weighted by molar-refractivity contribution is 6.13. The highest BCUT2D eigenvalue weighted by Gasteiger charge is 2.30. The maximum Gasteiger partial charge on any atom is 0.237 e. The van der Waals surface area contributed by atoms with E-state index in [1.165, 1.54) is 5.56 Å². The Hall–Kier alpha value is -4.19. The van der Waals surface area contributed by atoms with E-state index in [0.717, 1.165) is 34.2 Å². The van der Waals surface area contributed by atoms with Gasteiger partial charge >= 0.3 is 0 Å². The molecule has 0 spiro atoms. The first-order chi connectivity index (χ1) is 16.1. The van der Waals surface area contributed by atoms with Gasteiger partial charge in [-0.05, 0) is 49.7 Å². The Morgan fingerprint density at radius 3 is 2.52 bits per heavy atom. The number of hydrogen-bond donors (Lipinski definition) is 2. The van der Waals surface area contributed by atoms with Crippen molar-refractivity contribution in [2.45, 2.75) is 26.4 Å². The normalized spacial score (nSPS) is 13.9. The maximum absolute atomic E-state index is 9.69. The molecule has 33 heavy (non-hydrogen) atoms. The lowest BCUT2D eigenvalue weighted by Crippen LogP contribution is -2.34. The summed E-state index contributed by atoms with van der Waals surface area (Å²) in [5, 5.41) is 17.8. The molecule has 0 unspecified atom stereocenters. The molecule has 6 nitrogen and oxygen atoms in total. The summed E-state index contributed by atoms with van der Waals surface area (Å²) in [5.74, 6) is 1.15. The Kier molecular flexibility index (Phi) is 5.48. The second kappa shape index (κ2) is 8.74. The molecule has 1 aliphatic rings. The van der Waals surface area contributed by atoms with Crippen molar-refractivity contribution in [1.29, 1.82) is 0 Å². The number of hydrogen-bond acceptors (Lipinski definition) is 4. The van der Waals surface area contributed by atoms with Crippen LogP contribution in [0.1, 0.15) is 36.7 Å². The number of aliphatic imine (C=N–C) groups is 1. The van der Waals surface area contributed by atoms with Gasteiger partial charge in [-0.2, -0.15) is 9.67 Å². The van der Waals surface area contributed by atoms with Crippen molar-refractivity contribution in [1.82, 2.24) is 9.78 Å². The van der Waals surface area contributed by atoms with Gasteiger partial charge in [-0.15, -0.1) is 0 Å². The van der Waals surface area contributed by atoms with Crippen LogP contribution >= 0.6 is 0 Å². The minimum Gasteiger partial charge on any atom is -0.508 e. The van der Waals surface area contributed by atoms with Gasteiger partial charge in [0.25, 0.3) is 0 Å². The van der Waals surface area contributed by atoms with Gasteiger partial charge in [-0.3, -0.25) is 0 Å². The molecule has 1 aliphatic heterocycles. The highest BCUT2D eigenvalue weighted by atomic mass is 16.3. The van der Waals surface area contributed by atoms with Crippen molar-refractivity contribution in [3.8, 4) is 5.75 Å². The smallest absolute Gasteiger partial charge is 0.237 e. The van der Waals surface area contributed by atoms with Crippen LogP contribution in [0.2, 0.25) is 0 Å². The summed E-state index contributed by atoms with van der Waals surface area (Å²) in [7, 11) is 0. The zero-order chi connectivity index (χ0) is 22.8. The minimum absolute atomic E-state index is 0.200. The fraction of sp³-hybridized carbons (Fsp3) is 0.148. The van der Waals surface area contributed by atoms with Gasteiger partial charge < -0.3 is 10.4 Å². The Morgan fingerprint density at radius 1 is 1.00 bits per heavy atom. The number of aromatic hydroxyl groups is 1. The number of nitrogens with zero attached hydrogens (tertiary/aromatic N) is 4. The second-order valence-electron chi connectivity index (χ2n) is 8.29. The number of allylic oxidation sites excluding steroid dienone is 1. The van der Waals surface area contributed by atoms with Gasteiger partial charge in [0.2, 0.25) is 11.4 Å². The number of phenolic OH excluding ortho intramolecular Hbond substituents is 1. The molecule has 0 radical (unpaired) electrons. The molecule has 0 atom stereocenters. The van der Waals surface area contributed by atoms with Crippen LogP contribution in [0.5, 0.6) is 5.75 Å². The fourth-order valence-corrected chi connectivity index (χ4v) is 3.99. The number of phenols is 1. The molecular formula is C27H26N5O+. The van der Waals surface area contributed by atoms with Crippen LogP contribution in [0.4, 0.5) is 11.5 Å². The first kappa shape index (κ1) is 20.7. The monoisotopic (exact) mass is 436 g/mol. The number of rotatable bonds is 6. The van der Waals surface area contributed by atoms with Crippen molar-refractivity contribution in [3.05, 3.63) is 108 Å². The quantitative estimate of drug-likeness (QED) is 0.414. The SMILES string of the molecule is CC(C)n1ncc(N=C2C=C(c3ccc(O)cc3)[n+]3ccccc32)c1NCc1ccccc1. The molecule has 3 heterocycles. The molecule has 164 valence electrons. The Bertz CT molecular complexity index is 1330. The third kappa shape index (κ3) is 4.15. The van der Waals surface area contributed by atoms with E-state index in [-0.39, 0.29) is 11.8 Å². The topological polar surface area (TPSA) is 66.3 Å². The van der Waals surface area contributed by atoms with E-state index >= 15 is 0 Å². The summed E-state index contributed by atoms with van der Waals surface area (Å²) in [6.45, 7) is 4.92. The van der Waals surface area contributed by atoms with Crippen molar-refractivity contribution < 1.29 is 9.67 Å². The van der Waals surface area contributed by atoms with E-state index < -0.39 is 0 Å². The molecule has 6 heteroatoms. The molecule has 2 N–H and O–H groups in total. The number of pyridine rings is 1.